The van der Waals surface area contributed by atoms with Crippen molar-refractivity contribution in [2.24, 2.45) is 0 Å². The average Bonchev–Trinajstić information content (AvgIpc) is 2.39. The van der Waals surface area contributed by atoms with Gasteiger partial charge in [-0.15, -0.1) is 0 Å². The normalized spacial score (nSPS) is 16.1. The number of hydrogen-bond donors (Lipinski definition) is 0. The number of rotatable bonds is 10. The molecular weight excluding hydrogens is 391 g/mol. The summed E-state index contributed by atoms with van der Waals surface area (Å²) in [5.74, 6) is 0. The van der Waals surface area contributed by atoms with E-state index in [0.29, 0.717) is 13.2 Å². The third-order valence-corrected chi connectivity index (χ3v) is 6.42. The minimum atomic E-state index is -3.54. The van der Waals surface area contributed by atoms with E-state index in [4.69, 9.17) is 9.05 Å². The fourth-order valence-electron chi connectivity index (χ4n) is 0.970. The summed E-state index contributed by atoms with van der Waals surface area (Å²) in [7, 11) is -7.09. The minimum absolute atomic E-state index is 0. The molecule has 0 rings (SSSR count). The van der Waals surface area contributed by atoms with Gasteiger partial charge in [-0.25, -0.2) is 0 Å². The first-order chi connectivity index (χ1) is 10.0. The van der Waals surface area contributed by atoms with Gasteiger partial charge in [-0.3, -0.25) is 0 Å². The summed E-state index contributed by atoms with van der Waals surface area (Å²) in [4.78, 5) is 22.0. The van der Waals surface area contributed by atoms with Gasteiger partial charge in [0.15, 0.2) is 0 Å². The summed E-state index contributed by atoms with van der Waals surface area (Å²) in [5, 5.41) is 0. The molecule has 136 valence electrons. The number of hydrogen-bond acceptors (Lipinski definition) is 6. The molecule has 9 heteroatoms. The Balaban J connectivity index is -0.000000333. The van der Waals surface area contributed by atoms with E-state index in [2.05, 4.69) is 0 Å². The van der Waals surface area contributed by atoms with Gasteiger partial charge in [0, 0.05) is 11.3 Å². The molecule has 0 saturated heterocycles. The van der Waals surface area contributed by atoms with Crippen LogP contribution < -0.4 is 9.79 Å². The third-order valence-electron chi connectivity index (χ3n) is 2.80. The van der Waals surface area contributed by atoms with Gasteiger partial charge in [0.05, 0.1) is 13.2 Å². The van der Waals surface area contributed by atoms with Crippen LogP contribution in [0.5, 0.6) is 0 Å². The van der Waals surface area contributed by atoms with Crippen molar-refractivity contribution in [3.63, 3.8) is 0 Å². The van der Waals surface area contributed by atoms with Gasteiger partial charge in [-0.2, -0.15) is 0 Å². The second kappa shape index (κ2) is 15.2. The summed E-state index contributed by atoms with van der Waals surface area (Å²) >= 11 is 0. The van der Waals surface area contributed by atoms with Crippen molar-refractivity contribution in [3.05, 3.63) is 0 Å². The van der Waals surface area contributed by atoms with Crippen molar-refractivity contribution in [3.8, 4) is 0 Å². The summed E-state index contributed by atoms with van der Waals surface area (Å²) in [6.45, 7) is 11.1. The SMILES string of the molecule is CCCCOP(=O)([O-])C(C)C.CCCCOP(=O)([O-])C(C)C.[Zn+2]. The Hall–Kier alpha value is 0.923. The van der Waals surface area contributed by atoms with Crippen molar-refractivity contribution >= 4 is 15.2 Å². The number of unbranched alkanes of at least 4 members (excludes halogenated alkanes) is 2. The predicted molar refractivity (Wildman–Crippen MR) is 87.2 cm³/mol. The van der Waals surface area contributed by atoms with Gasteiger partial charge in [0.1, 0.15) is 15.2 Å². The Kier molecular flexibility index (Phi) is 19.0. The molecule has 0 aliphatic rings. The van der Waals surface area contributed by atoms with Gasteiger partial charge in [-0.05, 0) is 12.8 Å². The molecule has 0 aliphatic carbocycles. The van der Waals surface area contributed by atoms with Crippen molar-refractivity contribution in [1.82, 2.24) is 0 Å². The first kappa shape index (κ1) is 28.7. The third kappa shape index (κ3) is 16.2. The molecule has 2 atom stereocenters. The van der Waals surface area contributed by atoms with E-state index in [9.17, 15) is 18.9 Å². The smallest absolute Gasteiger partial charge is 0.778 e. The van der Waals surface area contributed by atoms with Crippen LogP contribution >= 0.6 is 15.2 Å². The van der Waals surface area contributed by atoms with E-state index in [0.717, 1.165) is 25.7 Å². The van der Waals surface area contributed by atoms with Gasteiger partial charge in [-0.1, -0.05) is 54.4 Å². The molecule has 2 unspecified atom stereocenters. The Morgan fingerprint density at radius 3 is 1.22 bits per heavy atom. The summed E-state index contributed by atoms with van der Waals surface area (Å²) in [5.41, 5.74) is -0.807. The van der Waals surface area contributed by atoms with Crippen molar-refractivity contribution in [2.45, 2.75) is 78.5 Å². The second-order valence-electron chi connectivity index (χ2n) is 5.64. The summed E-state index contributed by atoms with van der Waals surface area (Å²) < 4.78 is 31.5. The molecule has 0 spiro atoms. The molecular formula is C14H32O6P2Zn. The maximum atomic E-state index is 11.0. The monoisotopic (exact) mass is 422 g/mol. The Bertz CT molecular complexity index is 329. The van der Waals surface area contributed by atoms with Crippen LogP contribution in [0, 0.1) is 0 Å². The van der Waals surface area contributed by atoms with Crippen molar-refractivity contribution in [1.29, 1.82) is 0 Å². The predicted octanol–water partition coefficient (Wildman–Crippen LogP) is 3.53. The van der Waals surface area contributed by atoms with Crippen LogP contribution in [0.4, 0.5) is 0 Å². The standard InChI is InChI=1S/2C7H17O3P.Zn/c2*1-4-5-6-10-11(8,9)7(2)3;/h2*7H,4-6H2,1-3H3,(H,8,9);/q;;+2/p-2. The van der Waals surface area contributed by atoms with E-state index in [1.54, 1.807) is 27.7 Å². The Labute approximate surface area is 154 Å². The zero-order chi connectivity index (χ0) is 17.8. The van der Waals surface area contributed by atoms with E-state index >= 15 is 0 Å². The van der Waals surface area contributed by atoms with E-state index in [1.807, 2.05) is 13.8 Å². The van der Waals surface area contributed by atoms with Crippen LogP contribution in [0.15, 0.2) is 0 Å². The molecule has 0 bridgehead atoms. The molecule has 6 nitrogen and oxygen atoms in total. The molecule has 0 aromatic rings. The molecule has 0 amide bonds. The molecule has 0 aliphatic heterocycles. The average molecular weight is 424 g/mol. The Morgan fingerprint density at radius 2 is 1.04 bits per heavy atom. The van der Waals surface area contributed by atoms with E-state index < -0.39 is 26.5 Å². The molecule has 0 saturated carbocycles. The van der Waals surface area contributed by atoms with Crippen molar-refractivity contribution in [2.75, 3.05) is 13.2 Å². The van der Waals surface area contributed by atoms with Crippen LogP contribution in [0.3, 0.4) is 0 Å². The van der Waals surface area contributed by atoms with Crippen LogP contribution in [0.1, 0.15) is 67.2 Å². The second-order valence-corrected chi connectivity index (χ2v) is 10.4. The molecule has 23 heavy (non-hydrogen) atoms. The summed E-state index contributed by atoms with van der Waals surface area (Å²) in [6.07, 6.45) is 3.52. The first-order valence-electron chi connectivity index (χ1n) is 7.91. The zero-order valence-electron chi connectivity index (χ0n) is 15.4. The molecule has 0 fully saturated rings. The van der Waals surface area contributed by atoms with Crippen molar-refractivity contribution < 1.29 is 47.4 Å². The van der Waals surface area contributed by atoms with Crippen LogP contribution in [-0.4, -0.2) is 24.5 Å². The first-order valence-corrected chi connectivity index (χ1v) is 11.1. The quantitative estimate of drug-likeness (QED) is 0.303. The molecule has 0 aromatic heterocycles. The molecule has 0 aromatic carbocycles. The van der Waals surface area contributed by atoms with Gasteiger partial charge in [0.25, 0.3) is 0 Å². The van der Waals surface area contributed by atoms with Gasteiger partial charge >= 0.3 is 19.5 Å². The molecule has 0 radical (unpaired) electrons. The summed E-state index contributed by atoms with van der Waals surface area (Å²) in [6, 6.07) is 0. The van der Waals surface area contributed by atoms with E-state index in [-0.39, 0.29) is 19.5 Å². The van der Waals surface area contributed by atoms with E-state index in [1.165, 1.54) is 0 Å². The maximum Gasteiger partial charge on any atom is 2.00 e. The maximum absolute atomic E-state index is 11.0. The van der Waals surface area contributed by atoms with Crippen LogP contribution in [0.2, 0.25) is 0 Å². The van der Waals surface area contributed by atoms with Crippen LogP contribution in [-0.2, 0) is 37.7 Å². The van der Waals surface area contributed by atoms with Crippen LogP contribution in [0.25, 0.3) is 0 Å². The fourth-order valence-corrected chi connectivity index (χ4v) is 2.33. The Morgan fingerprint density at radius 1 is 0.783 bits per heavy atom. The topological polar surface area (TPSA) is 98.7 Å². The minimum Gasteiger partial charge on any atom is -0.778 e. The molecule has 0 heterocycles. The fraction of sp³-hybridized carbons (Fsp3) is 1.00. The molecule has 0 N–H and O–H groups in total. The van der Waals surface area contributed by atoms with Gasteiger partial charge in [0.2, 0.25) is 0 Å². The largest absolute Gasteiger partial charge is 2.00 e. The van der Waals surface area contributed by atoms with Gasteiger partial charge < -0.3 is 28.0 Å². The zero-order valence-corrected chi connectivity index (χ0v) is 20.2.